The number of carbonyl (C=O) groups excluding carboxylic acids is 1. The second-order valence-electron chi connectivity index (χ2n) is 5.98. The summed E-state index contributed by atoms with van der Waals surface area (Å²) in [7, 11) is 0. The van der Waals surface area contributed by atoms with Crippen molar-refractivity contribution in [3.8, 4) is 0 Å². The van der Waals surface area contributed by atoms with Crippen LogP contribution in [0.25, 0.3) is 0 Å². The number of benzene rings is 1. The van der Waals surface area contributed by atoms with Gasteiger partial charge in [0.1, 0.15) is 0 Å². The molecule has 4 heteroatoms. The minimum Gasteiger partial charge on any atom is -0.352 e. The van der Waals surface area contributed by atoms with E-state index in [0.29, 0.717) is 23.2 Å². The highest BCUT2D eigenvalue weighted by Gasteiger charge is 2.26. The van der Waals surface area contributed by atoms with Gasteiger partial charge in [0.2, 0.25) is 0 Å². The first-order valence-electron chi connectivity index (χ1n) is 7.78. The van der Waals surface area contributed by atoms with E-state index in [1.54, 1.807) is 12.1 Å². The molecule has 0 saturated heterocycles. The zero-order valence-corrected chi connectivity index (χ0v) is 13.8. The van der Waals surface area contributed by atoms with Gasteiger partial charge in [0.15, 0.2) is 0 Å². The monoisotopic (exact) mass is 316 g/mol. The number of rotatable bonds is 5. The Bertz CT molecular complexity index is 701. The zero-order chi connectivity index (χ0) is 15.7. The Morgan fingerprint density at radius 2 is 2.05 bits per heavy atom. The molecule has 0 aliphatic heterocycles. The van der Waals surface area contributed by atoms with Crippen LogP contribution < -0.4 is 5.32 Å². The highest BCUT2D eigenvalue weighted by molar-refractivity contribution is 6.33. The third-order valence-corrected chi connectivity index (χ3v) is 4.63. The number of carbonyl (C=O) groups is 1. The molecular weight excluding hydrogens is 296 g/mol. The van der Waals surface area contributed by atoms with E-state index in [1.165, 1.54) is 29.8 Å². The van der Waals surface area contributed by atoms with Crippen molar-refractivity contribution >= 4 is 17.5 Å². The molecule has 0 spiro atoms. The molecular formula is C18H21ClN2O. The fraction of sp³-hybridized carbons (Fsp3) is 0.389. The van der Waals surface area contributed by atoms with Gasteiger partial charge in [-0.25, -0.2) is 0 Å². The fourth-order valence-corrected chi connectivity index (χ4v) is 3.27. The Morgan fingerprint density at radius 1 is 1.32 bits per heavy atom. The Balaban J connectivity index is 1.61. The second-order valence-corrected chi connectivity index (χ2v) is 6.39. The van der Waals surface area contributed by atoms with E-state index in [4.69, 9.17) is 11.6 Å². The highest BCUT2D eigenvalue weighted by atomic mass is 35.5. The molecule has 3 rings (SSSR count). The predicted octanol–water partition coefficient (Wildman–Crippen LogP) is 4.07. The van der Waals surface area contributed by atoms with E-state index in [0.717, 1.165) is 6.42 Å². The van der Waals surface area contributed by atoms with Crippen LogP contribution in [0, 0.1) is 13.8 Å². The largest absolute Gasteiger partial charge is 0.352 e. The first kappa shape index (κ1) is 15.2. The molecule has 1 saturated carbocycles. The maximum atomic E-state index is 12.1. The van der Waals surface area contributed by atoms with Gasteiger partial charge in [0, 0.05) is 24.0 Å². The molecule has 0 radical (unpaired) electrons. The summed E-state index contributed by atoms with van der Waals surface area (Å²) in [5.41, 5.74) is 4.52. The quantitative estimate of drug-likeness (QED) is 0.886. The van der Waals surface area contributed by atoms with E-state index >= 15 is 0 Å². The molecule has 116 valence electrons. The van der Waals surface area contributed by atoms with E-state index in [2.05, 4.69) is 29.8 Å². The van der Waals surface area contributed by atoms with Crippen LogP contribution in [0.1, 0.15) is 46.2 Å². The molecule has 1 N–H and O–H groups in total. The number of nitrogens with zero attached hydrogens (tertiary/aromatic N) is 1. The Hall–Kier alpha value is -1.74. The highest BCUT2D eigenvalue weighted by Crippen LogP contribution is 2.38. The molecule has 3 nitrogen and oxygen atoms in total. The summed E-state index contributed by atoms with van der Waals surface area (Å²) in [6.07, 6.45) is 3.43. The lowest BCUT2D eigenvalue weighted by Gasteiger charge is -2.09. The average molecular weight is 317 g/mol. The van der Waals surface area contributed by atoms with Crippen molar-refractivity contribution in [3.63, 3.8) is 0 Å². The molecule has 1 aromatic heterocycles. The standard InChI is InChI=1S/C18H21ClN2O/c1-12-11-14(13(2)21(12)15-7-8-15)9-10-20-18(22)16-5-3-4-6-17(16)19/h3-6,11,15H,7-10H2,1-2H3,(H,20,22). The van der Waals surface area contributed by atoms with Crippen LogP contribution in [0.2, 0.25) is 5.02 Å². The maximum absolute atomic E-state index is 12.1. The van der Waals surface area contributed by atoms with Gasteiger partial charge < -0.3 is 9.88 Å². The smallest absolute Gasteiger partial charge is 0.252 e. The van der Waals surface area contributed by atoms with Gasteiger partial charge in [-0.3, -0.25) is 4.79 Å². The molecule has 1 aromatic carbocycles. The van der Waals surface area contributed by atoms with Crippen molar-refractivity contribution in [1.82, 2.24) is 9.88 Å². The molecule has 1 aliphatic carbocycles. The van der Waals surface area contributed by atoms with Crippen LogP contribution >= 0.6 is 11.6 Å². The molecule has 1 fully saturated rings. The third-order valence-electron chi connectivity index (χ3n) is 4.30. The van der Waals surface area contributed by atoms with Gasteiger partial charge in [-0.15, -0.1) is 0 Å². The first-order valence-corrected chi connectivity index (χ1v) is 8.15. The van der Waals surface area contributed by atoms with Crippen LogP contribution in [0.3, 0.4) is 0 Å². The van der Waals surface area contributed by atoms with Gasteiger partial charge in [0.25, 0.3) is 5.91 Å². The Morgan fingerprint density at radius 3 is 2.73 bits per heavy atom. The average Bonchev–Trinajstić information content (AvgIpc) is 3.27. The van der Waals surface area contributed by atoms with Crippen molar-refractivity contribution in [2.24, 2.45) is 0 Å². The number of nitrogens with one attached hydrogen (secondary N) is 1. The summed E-state index contributed by atoms with van der Waals surface area (Å²) in [6, 6.07) is 10.1. The number of amides is 1. The van der Waals surface area contributed by atoms with Gasteiger partial charge in [-0.05, 0) is 56.9 Å². The van der Waals surface area contributed by atoms with Crippen molar-refractivity contribution in [3.05, 3.63) is 57.9 Å². The summed E-state index contributed by atoms with van der Waals surface area (Å²) < 4.78 is 2.44. The van der Waals surface area contributed by atoms with E-state index < -0.39 is 0 Å². The number of aryl methyl sites for hydroxylation is 1. The van der Waals surface area contributed by atoms with Crippen LogP contribution in [-0.4, -0.2) is 17.0 Å². The fourth-order valence-electron chi connectivity index (χ4n) is 3.04. The molecule has 2 aromatic rings. The zero-order valence-electron chi connectivity index (χ0n) is 13.0. The lowest BCUT2D eigenvalue weighted by Crippen LogP contribution is -2.26. The molecule has 0 atom stereocenters. The van der Waals surface area contributed by atoms with Gasteiger partial charge in [-0.1, -0.05) is 23.7 Å². The summed E-state index contributed by atoms with van der Waals surface area (Å²) >= 11 is 6.04. The van der Waals surface area contributed by atoms with Crippen LogP contribution in [0.4, 0.5) is 0 Å². The molecule has 1 aliphatic rings. The van der Waals surface area contributed by atoms with Gasteiger partial charge >= 0.3 is 0 Å². The molecule has 22 heavy (non-hydrogen) atoms. The predicted molar refractivity (Wildman–Crippen MR) is 89.7 cm³/mol. The van der Waals surface area contributed by atoms with E-state index in [1.807, 2.05) is 12.1 Å². The minimum absolute atomic E-state index is 0.110. The summed E-state index contributed by atoms with van der Waals surface area (Å²) in [5.74, 6) is -0.110. The molecule has 1 heterocycles. The van der Waals surface area contributed by atoms with Crippen molar-refractivity contribution in [1.29, 1.82) is 0 Å². The van der Waals surface area contributed by atoms with Crippen molar-refractivity contribution < 1.29 is 4.79 Å². The second kappa shape index (κ2) is 6.17. The summed E-state index contributed by atoms with van der Waals surface area (Å²) in [6.45, 7) is 4.96. The van der Waals surface area contributed by atoms with Crippen LogP contribution in [0.5, 0.6) is 0 Å². The summed E-state index contributed by atoms with van der Waals surface area (Å²) in [4.78, 5) is 12.1. The molecule has 1 amide bonds. The first-order chi connectivity index (χ1) is 10.6. The topological polar surface area (TPSA) is 34.0 Å². The van der Waals surface area contributed by atoms with Crippen LogP contribution in [0.15, 0.2) is 30.3 Å². The minimum atomic E-state index is -0.110. The van der Waals surface area contributed by atoms with Gasteiger partial charge in [0.05, 0.1) is 10.6 Å². The third kappa shape index (κ3) is 3.05. The lowest BCUT2D eigenvalue weighted by molar-refractivity contribution is 0.0954. The maximum Gasteiger partial charge on any atom is 0.252 e. The number of hydrogen-bond acceptors (Lipinski definition) is 1. The normalized spacial score (nSPS) is 14.1. The SMILES string of the molecule is Cc1cc(CCNC(=O)c2ccccc2Cl)c(C)n1C1CC1. The number of halogens is 1. The van der Waals surface area contributed by atoms with E-state index in [-0.39, 0.29) is 5.91 Å². The number of hydrogen-bond donors (Lipinski definition) is 1. The summed E-state index contributed by atoms with van der Waals surface area (Å²) in [5, 5.41) is 3.45. The Labute approximate surface area is 136 Å². The number of aromatic nitrogens is 1. The van der Waals surface area contributed by atoms with Gasteiger partial charge in [-0.2, -0.15) is 0 Å². The lowest BCUT2D eigenvalue weighted by atomic mass is 10.1. The van der Waals surface area contributed by atoms with Crippen LogP contribution in [-0.2, 0) is 6.42 Å². The molecule has 0 bridgehead atoms. The van der Waals surface area contributed by atoms with Crippen molar-refractivity contribution in [2.45, 2.75) is 39.2 Å². The van der Waals surface area contributed by atoms with Crippen molar-refractivity contribution in [2.75, 3.05) is 6.54 Å². The molecule has 0 unspecified atom stereocenters. The Kier molecular flexibility index (Phi) is 4.25. The van der Waals surface area contributed by atoms with E-state index in [9.17, 15) is 4.79 Å².